The lowest BCUT2D eigenvalue weighted by Crippen LogP contribution is -2.25. The number of nitrogens with two attached hydrogens (primary N) is 2. The largest absolute Gasteiger partial charge is 0.477 e. The van der Waals surface area contributed by atoms with Gasteiger partial charge in [-0.1, -0.05) is 11.8 Å². The lowest BCUT2D eigenvalue weighted by Gasteiger charge is -2.19. The number of hydrogen-bond acceptors (Lipinski definition) is 6. The van der Waals surface area contributed by atoms with Gasteiger partial charge in [0, 0.05) is 0 Å². The van der Waals surface area contributed by atoms with Crippen molar-refractivity contribution in [2.24, 2.45) is 17.4 Å². The average Bonchev–Trinajstić information content (AvgIpc) is 2.18. The maximum absolute atomic E-state index is 10.8. The average molecular weight is 222 g/mol. The van der Waals surface area contributed by atoms with Crippen LogP contribution < -0.4 is 11.5 Å². The highest BCUT2D eigenvalue weighted by Gasteiger charge is 2.31. The molecule has 0 fully saturated rings. The summed E-state index contributed by atoms with van der Waals surface area (Å²) in [5, 5.41) is 26.2. The molecule has 0 saturated carbocycles. The number of rotatable bonds is 1. The predicted molar refractivity (Wildman–Crippen MR) is 52.4 cm³/mol. The molecule has 0 radical (unpaired) electrons. The van der Waals surface area contributed by atoms with Crippen LogP contribution in [0.5, 0.6) is 0 Å². The van der Waals surface area contributed by atoms with Crippen molar-refractivity contribution in [3.8, 4) is 12.1 Å². The topological polar surface area (TPSA) is 137 Å². The third-order valence-electron chi connectivity index (χ3n) is 1.78. The first-order chi connectivity index (χ1) is 7.02. The van der Waals surface area contributed by atoms with Crippen LogP contribution in [0, 0.1) is 28.6 Å². The van der Waals surface area contributed by atoms with Crippen LogP contribution in [-0.4, -0.2) is 11.1 Å². The molecule has 76 valence electrons. The van der Waals surface area contributed by atoms with Gasteiger partial charge in [0.05, 0.1) is 17.5 Å². The number of thioether (sulfide) groups is 1. The van der Waals surface area contributed by atoms with Crippen LogP contribution in [0.2, 0.25) is 0 Å². The summed E-state index contributed by atoms with van der Waals surface area (Å²) >= 11 is 0.672. The van der Waals surface area contributed by atoms with Gasteiger partial charge in [-0.15, -0.1) is 0 Å². The number of carbonyl (C=O) groups is 1. The van der Waals surface area contributed by atoms with Crippen molar-refractivity contribution in [2.45, 2.75) is 0 Å². The number of carboxylic acid groups (broad SMARTS) is 1. The fourth-order valence-electron chi connectivity index (χ4n) is 1.04. The highest BCUT2D eigenvalue weighted by Crippen LogP contribution is 2.37. The van der Waals surface area contributed by atoms with Gasteiger partial charge in [-0.3, -0.25) is 0 Å². The summed E-state index contributed by atoms with van der Waals surface area (Å²) in [4.78, 5) is 10.5. The quantitative estimate of drug-likeness (QED) is 0.559. The molecule has 0 saturated heterocycles. The standard InChI is InChI=1S/C8H6N4O2S/c9-1-3-5(11)4(2-10)15-7(6(3)12)8(13)14/h3H,11-12H2,(H,13,14). The summed E-state index contributed by atoms with van der Waals surface area (Å²) in [5.74, 6) is -2.30. The van der Waals surface area contributed by atoms with Gasteiger partial charge in [0.2, 0.25) is 0 Å². The first-order valence-electron chi connectivity index (χ1n) is 3.73. The van der Waals surface area contributed by atoms with Crippen molar-refractivity contribution in [1.29, 1.82) is 10.5 Å². The van der Waals surface area contributed by atoms with Gasteiger partial charge in [0.15, 0.2) is 0 Å². The van der Waals surface area contributed by atoms with Crippen molar-refractivity contribution >= 4 is 17.7 Å². The Kier molecular flexibility index (Phi) is 2.88. The number of allylic oxidation sites excluding steroid dienone is 1. The second-order valence-corrected chi connectivity index (χ2v) is 3.67. The van der Waals surface area contributed by atoms with E-state index >= 15 is 0 Å². The van der Waals surface area contributed by atoms with Gasteiger partial charge in [0.25, 0.3) is 0 Å². The summed E-state index contributed by atoms with van der Waals surface area (Å²) < 4.78 is 0. The van der Waals surface area contributed by atoms with Crippen LogP contribution in [0.25, 0.3) is 0 Å². The van der Waals surface area contributed by atoms with E-state index in [0.717, 1.165) is 0 Å². The Morgan fingerprint density at radius 1 is 1.40 bits per heavy atom. The van der Waals surface area contributed by atoms with E-state index in [1.54, 1.807) is 12.1 Å². The van der Waals surface area contributed by atoms with Crippen molar-refractivity contribution < 1.29 is 9.90 Å². The Hall–Kier alpha value is -2.12. The van der Waals surface area contributed by atoms with Crippen molar-refractivity contribution in [1.82, 2.24) is 0 Å². The normalized spacial score (nSPS) is 20.8. The molecule has 1 rings (SSSR count). The minimum Gasteiger partial charge on any atom is -0.477 e. The predicted octanol–water partition coefficient (Wildman–Crippen LogP) is -0.178. The molecule has 0 spiro atoms. The molecule has 0 aliphatic carbocycles. The molecule has 0 amide bonds. The smallest absolute Gasteiger partial charge is 0.344 e. The number of nitriles is 2. The highest BCUT2D eigenvalue weighted by atomic mass is 32.2. The lowest BCUT2D eigenvalue weighted by atomic mass is 10.0. The first kappa shape index (κ1) is 11.0. The fourth-order valence-corrected chi connectivity index (χ4v) is 1.85. The van der Waals surface area contributed by atoms with Gasteiger partial charge in [0.1, 0.15) is 21.8 Å². The molecular weight excluding hydrogens is 216 g/mol. The number of nitrogens with zero attached hydrogens (tertiary/aromatic N) is 2. The molecule has 1 heterocycles. The highest BCUT2D eigenvalue weighted by molar-refractivity contribution is 8.07. The van der Waals surface area contributed by atoms with E-state index in [1.807, 2.05) is 0 Å². The third kappa shape index (κ3) is 1.73. The molecular formula is C8H6N4O2S. The van der Waals surface area contributed by atoms with Crippen molar-refractivity contribution in [2.75, 3.05) is 0 Å². The van der Waals surface area contributed by atoms with E-state index < -0.39 is 11.9 Å². The van der Waals surface area contributed by atoms with Crippen molar-refractivity contribution in [3.63, 3.8) is 0 Å². The maximum atomic E-state index is 10.8. The zero-order valence-corrected chi connectivity index (χ0v) is 8.21. The Morgan fingerprint density at radius 3 is 2.40 bits per heavy atom. The van der Waals surface area contributed by atoms with E-state index in [9.17, 15) is 4.79 Å². The molecule has 1 unspecified atom stereocenters. The van der Waals surface area contributed by atoms with E-state index in [1.165, 1.54) is 0 Å². The van der Waals surface area contributed by atoms with Crippen LogP contribution in [0.3, 0.4) is 0 Å². The fraction of sp³-hybridized carbons (Fsp3) is 0.125. The molecule has 0 aromatic rings. The third-order valence-corrected chi connectivity index (χ3v) is 2.92. The first-order valence-corrected chi connectivity index (χ1v) is 4.54. The lowest BCUT2D eigenvalue weighted by molar-refractivity contribution is -0.131. The summed E-state index contributed by atoms with van der Waals surface area (Å²) in [6, 6.07) is 3.50. The minimum absolute atomic E-state index is 0.00694. The Balaban J connectivity index is 3.29. The Bertz CT molecular complexity index is 466. The monoisotopic (exact) mass is 222 g/mol. The van der Waals surface area contributed by atoms with Crippen LogP contribution in [0.15, 0.2) is 21.2 Å². The minimum atomic E-state index is -1.27. The molecule has 0 aromatic heterocycles. The second-order valence-electron chi connectivity index (χ2n) is 2.65. The molecule has 5 N–H and O–H groups in total. The molecule has 6 nitrogen and oxygen atoms in total. The summed E-state index contributed by atoms with van der Waals surface area (Å²) in [6.45, 7) is 0. The van der Waals surface area contributed by atoms with Gasteiger partial charge < -0.3 is 16.6 Å². The number of hydrogen-bond donors (Lipinski definition) is 3. The van der Waals surface area contributed by atoms with Gasteiger partial charge in [-0.25, -0.2) is 4.79 Å². The van der Waals surface area contributed by atoms with Crippen LogP contribution in [0.4, 0.5) is 0 Å². The summed E-state index contributed by atoms with van der Waals surface area (Å²) in [6.07, 6.45) is 0. The van der Waals surface area contributed by atoms with Crippen LogP contribution in [-0.2, 0) is 4.79 Å². The van der Waals surface area contributed by atoms with Crippen molar-refractivity contribution in [3.05, 3.63) is 21.2 Å². The van der Waals surface area contributed by atoms with Crippen LogP contribution >= 0.6 is 11.8 Å². The molecule has 0 bridgehead atoms. The summed E-state index contributed by atoms with van der Waals surface area (Å²) in [5.41, 5.74) is 10.9. The molecule has 0 aromatic carbocycles. The molecule has 7 heteroatoms. The summed E-state index contributed by atoms with van der Waals surface area (Å²) in [7, 11) is 0. The Morgan fingerprint density at radius 2 is 2.00 bits per heavy atom. The van der Waals surface area contributed by atoms with Gasteiger partial charge in [-0.05, 0) is 0 Å². The van der Waals surface area contributed by atoms with E-state index in [0.29, 0.717) is 11.8 Å². The molecule has 1 aliphatic rings. The molecule has 1 aliphatic heterocycles. The Labute approximate surface area is 89.5 Å². The number of aliphatic carboxylic acids is 1. The maximum Gasteiger partial charge on any atom is 0.344 e. The zero-order chi connectivity index (χ0) is 11.6. The molecule has 1 atom stereocenters. The van der Waals surface area contributed by atoms with Gasteiger partial charge >= 0.3 is 5.97 Å². The van der Waals surface area contributed by atoms with E-state index in [4.69, 9.17) is 27.1 Å². The van der Waals surface area contributed by atoms with E-state index in [2.05, 4.69) is 0 Å². The number of carboxylic acids is 1. The van der Waals surface area contributed by atoms with Crippen LogP contribution in [0.1, 0.15) is 0 Å². The zero-order valence-electron chi connectivity index (χ0n) is 7.39. The SMILES string of the molecule is N#CC1=C(N)C(C#N)C(N)=C(C(=O)O)S1. The molecule has 15 heavy (non-hydrogen) atoms. The van der Waals surface area contributed by atoms with E-state index in [-0.39, 0.29) is 21.2 Å². The van der Waals surface area contributed by atoms with Gasteiger partial charge in [-0.2, -0.15) is 10.5 Å². The second kappa shape index (κ2) is 3.95.